The van der Waals surface area contributed by atoms with Gasteiger partial charge < -0.3 is 14.4 Å². The Bertz CT molecular complexity index is 667. The molecule has 2 aromatic heterocycles. The second kappa shape index (κ2) is 4.72. The molecule has 6 nitrogen and oxygen atoms in total. The van der Waals surface area contributed by atoms with Gasteiger partial charge in [-0.05, 0) is 44.7 Å². The first-order chi connectivity index (χ1) is 10.2. The van der Waals surface area contributed by atoms with Crippen molar-refractivity contribution in [3.05, 3.63) is 35.7 Å². The van der Waals surface area contributed by atoms with Crippen LogP contribution in [0.15, 0.2) is 22.9 Å². The molecule has 2 saturated carbocycles. The molecule has 1 N–H and O–H groups in total. The number of rotatable bonds is 5. The highest BCUT2D eigenvalue weighted by Gasteiger charge is 2.30. The van der Waals surface area contributed by atoms with Gasteiger partial charge in [-0.2, -0.15) is 4.98 Å². The lowest BCUT2D eigenvalue weighted by molar-refractivity contribution is 0.0923. The molecule has 0 bridgehead atoms. The van der Waals surface area contributed by atoms with Gasteiger partial charge in [-0.15, -0.1) is 0 Å². The lowest BCUT2D eigenvalue weighted by Gasteiger charge is -2.11. The van der Waals surface area contributed by atoms with Crippen molar-refractivity contribution in [2.24, 2.45) is 0 Å². The van der Waals surface area contributed by atoms with E-state index in [1.54, 1.807) is 0 Å². The van der Waals surface area contributed by atoms with E-state index in [0.717, 1.165) is 31.5 Å². The maximum absolute atomic E-state index is 12.4. The van der Waals surface area contributed by atoms with Gasteiger partial charge in [0.15, 0.2) is 5.82 Å². The standard InChI is InChI=1S/C15H18N4O2/c1-9(15-17-13(18-21-15)10-4-5-10)16-14(20)12-3-2-8-19(12)11-6-7-11/h2-3,8-11H,4-7H2,1H3,(H,16,20). The Balaban J connectivity index is 1.46. The lowest BCUT2D eigenvalue weighted by atomic mass is 10.3. The molecule has 2 aliphatic rings. The highest BCUT2D eigenvalue weighted by molar-refractivity contribution is 5.93. The molecular weight excluding hydrogens is 268 g/mol. The van der Waals surface area contributed by atoms with Gasteiger partial charge in [-0.25, -0.2) is 0 Å². The van der Waals surface area contributed by atoms with Crippen LogP contribution in [0.3, 0.4) is 0 Å². The van der Waals surface area contributed by atoms with Gasteiger partial charge in [0.25, 0.3) is 5.91 Å². The van der Waals surface area contributed by atoms with Crippen molar-refractivity contribution in [3.8, 4) is 0 Å². The predicted octanol–water partition coefficient (Wildman–Crippen LogP) is 2.57. The zero-order valence-electron chi connectivity index (χ0n) is 12.0. The summed E-state index contributed by atoms with van der Waals surface area (Å²) in [6.07, 6.45) is 6.54. The average molecular weight is 286 g/mol. The van der Waals surface area contributed by atoms with Crippen molar-refractivity contribution in [1.29, 1.82) is 0 Å². The fraction of sp³-hybridized carbons (Fsp3) is 0.533. The van der Waals surface area contributed by atoms with Crippen LogP contribution in [-0.4, -0.2) is 20.6 Å². The molecular formula is C15H18N4O2. The van der Waals surface area contributed by atoms with Gasteiger partial charge in [0.2, 0.25) is 5.89 Å². The summed E-state index contributed by atoms with van der Waals surface area (Å²) in [4.78, 5) is 16.8. The molecule has 110 valence electrons. The van der Waals surface area contributed by atoms with Crippen LogP contribution >= 0.6 is 0 Å². The third-order valence-electron chi connectivity index (χ3n) is 4.07. The SMILES string of the molecule is CC(NC(=O)c1cccn1C1CC1)c1nc(C2CC2)no1. The van der Waals surface area contributed by atoms with Gasteiger partial charge in [0.05, 0.1) is 0 Å². The molecule has 2 aliphatic carbocycles. The van der Waals surface area contributed by atoms with E-state index < -0.39 is 0 Å². The molecule has 1 unspecified atom stereocenters. The van der Waals surface area contributed by atoms with Crippen LogP contribution in [-0.2, 0) is 0 Å². The van der Waals surface area contributed by atoms with Crippen LogP contribution in [0.25, 0.3) is 0 Å². The van der Waals surface area contributed by atoms with E-state index in [-0.39, 0.29) is 11.9 Å². The smallest absolute Gasteiger partial charge is 0.268 e. The van der Waals surface area contributed by atoms with Crippen LogP contribution in [0.5, 0.6) is 0 Å². The third kappa shape index (κ3) is 2.46. The number of carbonyl (C=O) groups excluding carboxylic acids is 1. The highest BCUT2D eigenvalue weighted by atomic mass is 16.5. The van der Waals surface area contributed by atoms with E-state index in [9.17, 15) is 4.79 Å². The van der Waals surface area contributed by atoms with Gasteiger partial charge >= 0.3 is 0 Å². The van der Waals surface area contributed by atoms with Crippen LogP contribution < -0.4 is 5.32 Å². The van der Waals surface area contributed by atoms with E-state index in [1.807, 2.05) is 29.8 Å². The first-order valence-electron chi connectivity index (χ1n) is 7.53. The monoisotopic (exact) mass is 286 g/mol. The number of hydrogen-bond acceptors (Lipinski definition) is 4. The maximum atomic E-state index is 12.4. The molecule has 0 aromatic carbocycles. The number of carbonyl (C=O) groups is 1. The lowest BCUT2D eigenvalue weighted by Crippen LogP contribution is -2.28. The normalized spacial score (nSPS) is 19.5. The summed E-state index contributed by atoms with van der Waals surface area (Å²) >= 11 is 0. The minimum Gasteiger partial charge on any atom is -0.340 e. The molecule has 2 heterocycles. The summed E-state index contributed by atoms with van der Waals surface area (Å²) in [7, 11) is 0. The van der Waals surface area contributed by atoms with Crippen LogP contribution in [0.2, 0.25) is 0 Å². The largest absolute Gasteiger partial charge is 0.340 e. The van der Waals surface area contributed by atoms with Crippen LogP contribution in [0.1, 0.15) is 72.8 Å². The Hall–Kier alpha value is -2.11. The second-order valence-corrected chi connectivity index (χ2v) is 5.99. The Kier molecular flexibility index (Phi) is 2.83. The van der Waals surface area contributed by atoms with Crippen molar-refractivity contribution in [2.45, 2.75) is 50.6 Å². The quantitative estimate of drug-likeness (QED) is 0.916. The fourth-order valence-electron chi connectivity index (χ4n) is 2.52. The summed E-state index contributed by atoms with van der Waals surface area (Å²) in [6.45, 7) is 1.87. The molecule has 21 heavy (non-hydrogen) atoms. The van der Waals surface area contributed by atoms with Gasteiger partial charge in [-0.3, -0.25) is 4.79 Å². The molecule has 6 heteroatoms. The Morgan fingerprint density at radius 2 is 2.24 bits per heavy atom. The minimum atomic E-state index is -0.278. The molecule has 0 saturated heterocycles. The van der Waals surface area contributed by atoms with Gasteiger partial charge in [0.1, 0.15) is 11.7 Å². The molecule has 0 aliphatic heterocycles. The summed E-state index contributed by atoms with van der Waals surface area (Å²) < 4.78 is 7.30. The van der Waals surface area contributed by atoms with Crippen molar-refractivity contribution >= 4 is 5.91 Å². The van der Waals surface area contributed by atoms with E-state index >= 15 is 0 Å². The van der Waals surface area contributed by atoms with Gasteiger partial charge in [-0.1, -0.05) is 5.16 Å². The summed E-state index contributed by atoms with van der Waals surface area (Å²) in [5.41, 5.74) is 0.700. The third-order valence-corrected chi connectivity index (χ3v) is 4.07. The molecule has 2 aromatic rings. The topological polar surface area (TPSA) is 73.0 Å². The highest BCUT2D eigenvalue weighted by Crippen LogP contribution is 2.38. The van der Waals surface area contributed by atoms with Crippen molar-refractivity contribution in [2.75, 3.05) is 0 Å². The van der Waals surface area contributed by atoms with E-state index in [1.165, 1.54) is 0 Å². The summed E-state index contributed by atoms with van der Waals surface area (Å²) in [6, 6.07) is 3.97. The average Bonchev–Trinajstić information content (AvgIpc) is 3.41. The second-order valence-electron chi connectivity index (χ2n) is 5.99. The molecule has 2 fully saturated rings. The van der Waals surface area contributed by atoms with E-state index in [0.29, 0.717) is 23.5 Å². The number of aromatic nitrogens is 3. The Morgan fingerprint density at radius 3 is 2.95 bits per heavy atom. The number of hydrogen-bond donors (Lipinski definition) is 1. The maximum Gasteiger partial charge on any atom is 0.268 e. The first kappa shape index (κ1) is 12.6. The molecule has 1 atom stereocenters. The number of nitrogens with one attached hydrogen (secondary N) is 1. The summed E-state index contributed by atoms with van der Waals surface area (Å²) in [5, 5.41) is 6.92. The van der Waals surface area contributed by atoms with Crippen molar-refractivity contribution < 1.29 is 9.32 Å². The van der Waals surface area contributed by atoms with Crippen LogP contribution in [0, 0.1) is 0 Å². The fourth-order valence-corrected chi connectivity index (χ4v) is 2.52. The minimum absolute atomic E-state index is 0.0921. The number of amides is 1. The molecule has 0 spiro atoms. The number of nitrogens with zero attached hydrogens (tertiary/aromatic N) is 3. The molecule has 0 radical (unpaired) electrons. The van der Waals surface area contributed by atoms with Crippen molar-refractivity contribution in [1.82, 2.24) is 20.0 Å². The summed E-state index contributed by atoms with van der Waals surface area (Å²) in [5.74, 6) is 1.62. The van der Waals surface area contributed by atoms with Crippen molar-refractivity contribution in [3.63, 3.8) is 0 Å². The zero-order chi connectivity index (χ0) is 14.4. The first-order valence-corrected chi connectivity index (χ1v) is 7.53. The molecule has 4 rings (SSSR count). The van der Waals surface area contributed by atoms with E-state index in [4.69, 9.17) is 4.52 Å². The van der Waals surface area contributed by atoms with E-state index in [2.05, 4.69) is 15.5 Å². The zero-order valence-corrected chi connectivity index (χ0v) is 12.0. The molecule has 1 amide bonds. The van der Waals surface area contributed by atoms with Gasteiger partial charge in [0, 0.05) is 18.2 Å². The Labute approximate surface area is 122 Å². The Morgan fingerprint density at radius 1 is 1.43 bits per heavy atom. The predicted molar refractivity (Wildman–Crippen MR) is 74.9 cm³/mol. The van der Waals surface area contributed by atoms with Crippen LogP contribution in [0.4, 0.5) is 0 Å².